The molecule has 0 fully saturated rings. The van der Waals surface area contributed by atoms with Crippen LogP contribution < -0.4 is 0 Å². The van der Waals surface area contributed by atoms with E-state index in [1.807, 2.05) is 31.2 Å². The molecule has 2 aromatic rings. The van der Waals surface area contributed by atoms with Crippen molar-refractivity contribution in [1.29, 1.82) is 0 Å². The molecule has 0 amide bonds. The van der Waals surface area contributed by atoms with Crippen LogP contribution in [0.3, 0.4) is 0 Å². The summed E-state index contributed by atoms with van der Waals surface area (Å²) >= 11 is 0. The minimum absolute atomic E-state index is 0.689. The van der Waals surface area contributed by atoms with Gasteiger partial charge < -0.3 is 0 Å². The summed E-state index contributed by atoms with van der Waals surface area (Å²) in [6.07, 6.45) is -1.40. The molecule has 0 N–H and O–H groups in total. The molecule has 0 atom stereocenters. The highest BCUT2D eigenvalue weighted by Gasteiger charge is 2.28. The van der Waals surface area contributed by atoms with Gasteiger partial charge in [-0.05, 0) is 12.5 Å². The average Bonchev–Trinajstić information content (AvgIpc) is 2.64. The number of hydrogen-bond donors (Lipinski definition) is 0. The molecule has 0 radical (unpaired) electrons. The minimum atomic E-state index is -4.24. The zero-order valence-corrected chi connectivity index (χ0v) is 9.20. The largest absolute Gasteiger partial charge is 0.408 e. The van der Waals surface area contributed by atoms with Gasteiger partial charge in [-0.25, -0.2) is 0 Å². The Kier molecular flexibility index (Phi) is 2.92. The Morgan fingerprint density at radius 1 is 1.12 bits per heavy atom. The van der Waals surface area contributed by atoms with E-state index < -0.39 is 12.7 Å². The van der Waals surface area contributed by atoms with Gasteiger partial charge in [0, 0.05) is 11.8 Å². The fourth-order valence-electron chi connectivity index (χ4n) is 1.53. The first-order valence-electron chi connectivity index (χ1n) is 5.10. The van der Waals surface area contributed by atoms with Crippen molar-refractivity contribution >= 4 is 0 Å². The van der Waals surface area contributed by atoms with Gasteiger partial charge in [0.2, 0.25) is 0 Å². The van der Waals surface area contributed by atoms with Crippen molar-refractivity contribution < 1.29 is 13.2 Å². The van der Waals surface area contributed by atoms with Crippen molar-refractivity contribution in [1.82, 2.24) is 9.78 Å². The first kappa shape index (κ1) is 11.7. The lowest BCUT2D eigenvalue weighted by Gasteiger charge is -2.05. The molecule has 0 aliphatic rings. The van der Waals surface area contributed by atoms with E-state index in [2.05, 4.69) is 5.10 Å². The smallest absolute Gasteiger partial charge is 0.263 e. The fraction of sp³-hybridized carbons (Fsp3) is 0.250. The predicted molar refractivity (Wildman–Crippen MR) is 58.5 cm³/mol. The Morgan fingerprint density at radius 2 is 1.76 bits per heavy atom. The van der Waals surface area contributed by atoms with Crippen LogP contribution in [0.25, 0.3) is 11.1 Å². The second-order valence-electron chi connectivity index (χ2n) is 3.91. The number of halogens is 3. The summed E-state index contributed by atoms with van der Waals surface area (Å²) in [5.74, 6) is 0. The van der Waals surface area contributed by atoms with Gasteiger partial charge in [0.1, 0.15) is 6.54 Å². The number of benzene rings is 1. The topological polar surface area (TPSA) is 17.8 Å². The molecule has 0 saturated carbocycles. The highest BCUT2D eigenvalue weighted by Crippen LogP contribution is 2.21. The number of rotatable bonds is 2. The average molecular weight is 240 g/mol. The summed E-state index contributed by atoms with van der Waals surface area (Å²) in [7, 11) is 0. The summed E-state index contributed by atoms with van der Waals surface area (Å²) in [6.45, 7) is 0.899. The molecule has 5 heteroatoms. The maximum Gasteiger partial charge on any atom is 0.408 e. The molecule has 2 rings (SSSR count). The molecule has 2 nitrogen and oxygen atoms in total. The van der Waals surface area contributed by atoms with Crippen LogP contribution in [0, 0.1) is 6.92 Å². The van der Waals surface area contributed by atoms with Crippen LogP contribution in [0.2, 0.25) is 0 Å². The Hall–Kier alpha value is -1.78. The van der Waals surface area contributed by atoms with Crippen LogP contribution in [0.5, 0.6) is 0 Å². The van der Waals surface area contributed by atoms with Crippen molar-refractivity contribution in [3.05, 3.63) is 42.2 Å². The standard InChI is InChI=1S/C12H11F3N2/c1-9-2-4-10(5-3-9)11-6-16-17(7-11)8-12(13,14)15/h2-7H,8H2,1H3. The Morgan fingerprint density at radius 3 is 2.35 bits per heavy atom. The van der Waals surface area contributed by atoms with E-state index in [-0.39, 0.29) is 0 Å². The van der Waals surface area contributed by atoms with Crippen LogP contribution in [0.1, 0.15) is 5.56 Å². The molecule has 1 aromatic carbocycles. The predicted octanol–water partition coefficient (Wildman–Crippen LogP) is 3.42. The van der Waals surface area contributed by atoms with Gasteiger partial charge in [0.15, 0.2) is 0 Å². The van der Waals surface area contributed by atoms with E-state index in [1.165, 1.54) is 12.4 Å². The van der Waals surface area contributed by atoms with Gasteiger partial charge in [0.05, 0.1) is 6.20 Å². The summed E-state index contributed by atoms with van der Waals surface area (Å²) in [4.78, 5) is 0. The van der Waals surface area contributed by atoms with E-state index in [4.69, 9.17) is 0 Å². The summed E-state index contributed by atoms with van der Waals surface area (Å²) in [6, 6.07) is 7.56. The summed E-state index contributed by atoms with van der Waals surface area (Å²) in [5, 5.41) is 3.70. The highest BCUT2D eigenvalue weighted by atomic mass is 19.4. The number of nitrogens with zero attached hydrogens (tertiary/aromatic N) is 2. The third-order valence-electron chi connectivity index (χ3n) is 2.36. The van der Waals surface area contributed by atoms with Crippen molar-refractivity contribution in [2.24, 2.45) is 0 Å². The highest BCUT2D eigenvalue weighted by molar-refractivity contribution is 5.61. The second kappa shape index (κ2) is 4.24. The Bertz CT molecular complexity index is 497. The fourth-order valence-corrected chi connectivity index (χ4v) is 1.53. The molecule has 17 heavy (non-hydrogen) atoms. The van der Waals surface area contributed by atoms with Gasteiger partial charge in [-0.15, -0.1) is 0 Å². The van der Waals surface area contributed by atoms with Crippen molar-refractivity contribution in [3.8, 4) is 11.1 Å². The molecule has 90 valence electrons. The van der Waals surface area contributed by atoms with Crippen LogP contribution in [0.15, 0.2) is 36.7 Å². The zero-order chi connectivity index (χ0) is 12.5. The number of aromatic nitrogens is 2. The zero-order valence-electron chi connectivity index (χ0n) is 9.20. The maximum atomic E-state index is 12.1. The van der Waals surface area contributed by atoms with Gasteiger partial charge >= 0.3 is 6.18 Å². The van der Waals surface area contributed by atoms with Gasteiger partial charge in [0.25, 0.3) is 0 Å². The first-order valence-corrected chi connectivity index (χ1v) is 5.10. The van der Waals surface area contributed by atoms with E-state index in [9.17, 15) is 13.2 Å². The third-order valence-corrected chi connectivity index (χ3v) is 2.36. The van der Waals surface area contributed by atoms with Gasteiger partial charge in [-0.3, -0.25) is 4.68 Å². The molecule has 0 aliphatic heterocycles. The van der Waals surface area contributed by atoms with Crippen LogP contribution >= 0.6 is 0 Å². The maximum absolute atomic E-state index is 12.1. The first-order chi connectivity index (χ1) is 7.94. The lowest BCUT2D eigenvalue weighted by atomic mass is 10.1. The molecule has 1 heterocycles. The van der Waals surface area contributed by atoms with Crippen molar-refractivity contribution in [2.45, 2.75) is 19.6 Å². The molecule has 0 spiro atoms. The van der Waals surface area contributed by atoms with Crippen molar-refractivity contribution in [2.75, 3.05) is 0 Å². The monoisotopic (exact) mass is 240 g/mol. The van der Waals surface area contributed by atoms with E-state index in [1.54, 1.807) is 0 Å². The number of hydrogen-bond acceptors (Lipinski definition) is 1. The summed E-state index contributed by atoms with van der Waals surface area (Å²) < 4.78 is 37.3. The Labute approximate surface area is 96.7 Å². The van der Waals surface area contributed by atoms with Crippen LogP contribution in [0.4, 0.5) is 13.2 Å². The van der Waals surface area contributed by atoms with Gasteiger partial charge in [-0.2, -0.15) is 18.3 Å². The van der Waals surface area contributed by atoms with Crippen LogP contribution in [-0.2, 0) is 6.54 Å². The van der Waals surface area contributed by atoms with Crippen molar-refractivity contribution in [3.63, 3.8) is 0 Å². The number of aryl methyl sites for hydroxylation is 1. The second-order valence-corrected chi connectivity index (χ2v) is 3.91. The molecule has 0 saturated heterocycles. The minimum Gasteiger partial charge on any atom is -0.263 e. The lowest BCUT2D eigenvalue weighted by molar-refractivity contribution is -0.142. The van der Waals surface area contributed by atoms with E-state index in [0.717, 1.165) is 15.8 Å². The molecular formula is C12H11F3N2. The molecule has 1 aromatic heterocycles. The quantitative estimate of drug-likeness (QED) is 0.786. The Balaban J connectivity index is 2.21. The molecular weight excluding hydrogens is 229 g/mol. The van der Waals surface area contributed by atoms with E-state index >= 15 is 0 Å². The van der Waals surface area contributed by atoms with Crippen LogP contribution in [-0.4, -0.2) is 16.0 Å². The normalized spacial score (nSPS) is 11.8. The summed E-state index contributed by atoms with van der Waals surface area (Å²) in [5.41, 5.74) is 2.66. The number of alkyl halides is 3. The SMILES string of the molecule is Cc1ccc(-c2cnn(CC(F)(F)F)c2)cc1. The molecule has 0 bridgehead atoms. The lowest BCUT2D eigenvalue weighted by Crippen LogP contribution is -2.17. The molecule has 0 unspecified atom stereocenters. The molecule has 0 aliphatic carbocycles. The third kappa shape index (κ3) is 3.09. The van der Waals surface area contributed by atoms with E-state index in [0.29, 0.717) is 5.56 Å². The van der Waals surface area contributed by atoms with Gasteiger partial charge in [-0.1, -0.05) is 29.8 Å².